The average molecular weight is 729 g/mol. The zero-order valence-electron chi connectivity index (χ0n) is 30.7. The van der Waals surface area contributed by atoms with Gasteiger partial charge in [0.2, 0.25) is 5.95 Å². The van der Waals surface area contributed by atoms with Gasteiger partial charge in [0.05, 0.1) is 27.9 Å². The summed E-state index contributed by atoms with van der Waals surface area (Å²) in [7, 11) is 0. The zero-order valence-corrected chi connectivity index (χ0v) is 30.7. The van der Waals surface area contributed by atoms with Crippen molar-refractivity contribution in [2.24, 2.45) is 0 Å². The van der Waals surface area contributed by atoms with E-state index in [-0.39, 0.29) is 0 Å². The summed E-state index contributed by atoms with van der Waals surface area (Å²) < 4.78 is 11.5. The molecule has 0 atom stereocenters. The SMILES string of the molecule is c1ccc(-c2cc(-c3ccccc3)nc(-n3c4ccccc4c4c(-c5ccc6c(c5)c5ccccc5n6-c5ccccc5)cc5c6ccccc6oc5c43)n2)cc1. The number of benzene rings is 8. The Morgan fingerprint density at radius 1 is 0.386 bits per heavy atom. The molecule has 0 amide bonds. The van der Waals surface area contributed by atoms with Gasteiger partial charge in [-0.1, -0.05) is 140 Å². The van der Waals surface area contributed by atoms with E-state index in [1.807, 2.05) is 18.2 Å². The third-order valence-electron chi connectivity index (χ3n) is 11.3. The molecule has 0 fully saturated rings. The summed E-state index contributed by atoms with van der Waals surface area (Å²) in [5.41, 5.74) is 13.1. The van der Waals surface area contributed by atoms with Gasteiger partial charge in [-0.2, -0.15) is 0 Å². The van der Waals surface area contributed by atoms with E-state index in [1.165, 1.54) is 21.8 Å². The Morgan fingerprint density at radius 2 is 0.947 bits per heavy atom. The predicted molar refractivity (Wildman–Crippen MR) is 234 cm³/mol. The molecule has 8 aromatic carbocycles. The van der Waals surface area contributed by atoms with Gasteiger partial charge in [0.1, 0.15) is 11.1 Å². The number of hydrogen-bond acceptors (Lipinski definition) is 3. The van der Waals surface area contributed by atoms with E-state index in [9.17, 15) is 0 Å². The molecule has 5 heteroatoms. The first-order valence-electron chi connectivity index (χ1n) is 19.3. The molecule has 0 saturated carbocycles. The van der Waals surface area contributed by atoms with Crippen LogP contribution in [-0.4, -0.2) is 19.1 Å². The number of para-hydroxylation sites is 4. The van der Waals surface area contributed by atoms with Crippen LogP contribution >= 0.6 is 0 Å². The molecular formula is C52H32N4O. The first kappa shape index (κ1) is 31.6. The molecule has 4 heterocycles. The van der Waals surface area contributed by atoms with Crippen molar-refractivity contribution in [3.63, 3.8) is 0 Å². The Bertz CT molecular complexity index is 3450. The van der Waals surface area contributed by atoms with Crippen LogP contribution in [0.1, 0.15) is 0 Å². The topological polar surface area (TPSA) is 48.8 Å². The minimum absolute atomic E-state index is 0.585. The lowest BCUT2D eigenvalue weighted by molar-refractivity contribution is 0.671. The lowest BCUT2D eigenvalue weighted by Gasteiger charge is -2.12. The summed E-state index contributed by atoms with van der Waals surface area (Å²) in [6.45, 7) is 0. The molecule has 4 aromatic heterocycles. The van der Waals surface area contributed by atoms with E-state index in [1.54, 1.807) is 0 Å². The fourth-order valence-corrected chi connectivity index (χ4v) is 8.81. The smallest absolute Gasteiger partial charge is 0.235 e. The highest BCUT2D eigenvalue weighted by Crippen LogP contribution is 2.46. The van der Waals surface area contributed by atoms with Crippen LogP contribution < -0.4 is 0 Å². The van der Waals surface area contributed by atoms with Gasteiger partial charge in [0.25, 0.3) is 0 Å². The fraction of sp³-hybridized carbons (Fsp3) is 0. The number of fused-ring (bicyclic) bond motifs is 10. The third kappa shape index (κ3) is 4.82. The van der Waals surface area contributed by atoms with E-state index < -0.39 is 0 Å². The predicted octanol–water partition coefficient (Wildman–Crippen LogP) is 13.6. The molecule has 12 rings (SSSR count). The molecule has 0 aliphatic rings. The summed E-state index contributed by atoms with van der Waals surface area (Å²) in [5.74, 6) is 0.585. The minimum Gasteiger partial charge on any atom is -0.454 e. The van der Waals surface area contributed by atoms with Crippen LogP contribution in [0.3, 0.4) is 0 Å². The van der Waals surface area contributed by atoms with Crippen LogP contribution in [0.2, 0.25) is 0 Å². The molecule has 0 radical (unpaired) electrons. The van der Waals surface area contributed by atoms with Crippen molar-refractivity contribution in [3.8, 4) is 45.3 Å². The Hall–Kier alpha value is -7.76. The highest BCUT2D eigenvalue weighted by atomic mass is 16.3. The van der Waals surface area contributed by atoms with Crippen LogP contribution in [0.25, 0.3) is 111 Å². The fourth-order valence-electron chi connectivity index (χ4n) is 8.81. The van der Waals surface area contributed by atoms with E-state index in [2.05, 4.69) is 185 Å². The minimum atomic E-state index is 0.585. The van der Waals surface area contributed by atoms with Gasteiger partial charge in [0.15, 0.2) is 5.58 Å². The maximum absolute atomic E-state index is 6.88. The molecule has 0 aliphatic heterocycles. The number of rotatable bonds is 5. The van der Waals surface area contributed by atoms with Gasteiger partial charge in [-0.15, -0.1) is 0 Å². The lowest BCUT2D eigenvalue weighted by Crippen LogP contribution is -2.04. The van der Waals surface area contributed by atoms with E-state index >= 15 is 0 Å². The van der Waals surface area contributed by atoms with Crippen LogP contribution in [-0.2, 0) is 0 Å². The highest BCUT2D eigenvalue weighted by molar-refractivity contribution is 6.26. The Kier molecular flexibility index (Phi) is 6.86. The van der Waals surface area contributed by atoms with Crippen LogP contribution in [0, 0.1) is 0 Å². The maximum atomic E-state index is 6.88. The quantitative estimate of drug-likeness (QED) is 0.177. The largest absolute Gasteiger partial charge is 0.454 e. The zero-order chi connectivity index (χ0) is 37.5. The Balaban J connectivity index is 1.21. The van der Waals surface area contributed by atoms with Gasteiger partial charge >= 0.3 is 0 Å². The Morgan fingerprint density at radius 3 is 1.65 bits per heavy atom. The van der Waals surface area contributed by atoms with Gasteiger partial charge in [-0.25, -0.2) is 9.97 Å². The number of hydrogen-bond donors (Lipinski definition) is 0. The molecule has 0 spiro atoms. The molecule has 266 valence electrons. The molecule has 12 aromatic rings. The van der Waals surface area contributed by atoms with E-state index in [0.29, 0.717) is 5.95 Å². The van der Waals surface area contributed by atoms with Crippen molar-refractivity contribution in [2.75, 3.05) is 0 Å². The van der Waals surface area contributed by atoms with Gasteiger partial charge in [-0.3, -0.25) is 4.57 Å². The van der Waals surface area contributed by atoms with Crippen LogP contribution in [0.5, 0.6) is 0 Å². The summed E-state index contributed by atoms with van der Waals surface area (Å²) in [6, 6.07) is 68.3. The van der Waals surface area contributed by atoms with Gasteiger partial charge in [0, 0.05) is 49.1 Å². The third-order valence-corrected chi connectivity index (χ3v) is 11.3. The van der Waals surface area contributed by atoms with Crippen molar-refractivity contribution in [2.45, 2.75) is 0 Å². The first-order valence-corrected chi connectivity index (χ1v) is 19.3. The van der Waals surface area contributed by atoms with Crippen molar-refractivity contribution in [1.82, 2.24) is 19.1 Å². The molecule has 0 aliphatic carbocycles. The summed E-state index contributed by atoms with van der Waals surface area (Å²) in [4.78, 5) is 10.7. The molecule has 0 bridgehead atoms. The Labute approximate surface area is 327 Å². The first-order chi connectivity index (χ1) is 28.3. The van der Waals surface area contributed by atoms with Gasteiger partial charge in [-0.05, 0) is 65.7 Å². The van der Waals surface area contributed by atoms with Crippen molar-refractivity contribution in [1.29, 1.82) is 0 Å². The standard InChI is InChI=1S/C52H32N4O/c1-4-16-33(17-5-1)43-32-44(34-18-6-2-7-19-34)54-52(53-43)56-46-26-14-11-24-39(46)49-40(31-42-38-23-12-15-27-48(38)57-51(42)50(49)56)35-28-29-47-41(30-35)37-22-10-13-25-45(37)55(47)36-20-8-3-9-21-36/h1-32H. The van der Waals surface area contributed by atoms with Crippen LogP contribution in [0.15, 0.2) is 199 Å². The molecule has 57 heavy (non-hydrogen) atoms. The number of aromatic nitrogens is 4. The van der Waals surface area contributed by atoms with Gasteiger partial charge < -0.3 is 8.98 Å². The summed E-state index contributed by atoms with van der Waals surface area (Å²) in [5, 5.41) is 6.73. The van der Waals surface area contributed by atoms with E-state index in [0.717, 1.165) is 83.1 Å². The second-order valence-electron chi connectivity index (χ2n) is 14.6. The summed E-state index contributed by atoms with van der Waals surface area (Å²) >= 11 is 0. The molecule has 0 N–H and O–H groups in total. The highest BCUT2D eigenvalue weighted by Gasteiger charge is 2.25. The molecular weight excluding hydrogens is 697 g/mol. The average Bonchev–Trinajstić information content (AvgIpc) is 3.95. The van der Waals surface area contributed by atoms with Crippen molar-refractivity contribution >= 4 is 65.6 Å². The second kappa shape index (κ2) is 12.4. The van der Waals surface area contributed by atoms with Crippen molar-refractivity contribution in [3.05, 3.63) is 194 Å². The number of nitrogens with zero attached hydrogens (tertiary/aromatic N) is 4. The maximum Gasteiger partial charge on any atom is 0.235 e. The van der Waals surface area contributed by atoms with E-state index in [4.69, 9.17) is 14.4 Å². The number of furan rings is 1. The van der Waals surface area contributed by atoms with Crippen LogP contribution in [0.4, 0.5) is 0 Å². The summed E-state index contributed by atoms with van der Waals surface area (Å²) in [6.07, 6.45) is 0. The second-order valence-corrected chi connectivity index (χ2v) is 14.6. The molecule has 5 nitrogen and oxygen atoms in total. The monoisotopic (exact) mass is 728 g/mol. The van der Waals surface area contributed by atoms with Crippen molar-refractivity contribution < 1.29 is 4.42 Å². The molecule has 0 saturated heterocycles. The molecule has 0 unspecified atom stereocenters. The normalized spacial score (nSPS) is 11.9. The lowest BCUT2D eigenvalue weighted by atomic mass is 9.95.